The average Bonchev–Trinajstić information content (AvgIpc) is 1.97. The van der Waals surface area contributed by atoms with Crippen molar-refractivity contribution in [2.75, 3.05) is 23.0 Å². The Morgan fingerprint density at radius 1 is 0.800 bits per heavy atom. The van der Waals surface area contributed by atoms with E-state index >= 15 is 0 Å². The molecule has 0 bridgehead atoms. The van der Waals surface area contributed by atoms with Crippen LogP contribution in [0.2, 0.25) is 0 Å². The first-order valence-corrected chi connectivity index (χ1v) is 6.38. The van der Waals surface area contributed by atoms with Gasteiger partial charge in [-0.2, -0.15) is 23.5 Å². The fourth-order valence-electron chi connectivity index (χ4n) is 0.697. The molecule has 0 fully saturated rings. The third-order valence-corrected chi connectivity index (χ3v) is 3.21. The first-order chi connectivity index (χ1) is 4.91. The highest BCUT2D eigenvalue weighted by molar-refractivity contribution is 7.99. The Morgan fingerprint density at radius 3 is 1.50 bits per heavy atom. The predicted octanol–water partition coefficient (Wildman–Crippen LogP) is 3.27. The molecular weight excluding hydrogens is 160 g/mol. The van der Waals surface area contributed by atoms with Crippen molar-refractivity contribution in [1.29, 1.82) is 0 Å². The van der Waals surface area contributed by atoms with Gasteiger partial charge in [-0.3, -0.25) is 0 Å². The molecule has 62 valence electrons. The van der Waals surface area contributed by atoms with E-state index in [9.17, 15) is 0 Å². The van der Waals surface area contributed by atoms with Crippen molar-refractivity contribution < 1.29 is 0 Å². The Hall–Kier alpha value is 0.700. The van der Waals surface area contributed by atoms with Gasteiger partial charge in [-0.15, -0.1) is 0 Å². The molecule has 0 aliphatic heterocycles. The lowest BCUT2D eigenvalue weighted by Crippen LogP contribution is -1.84. The first-order valence-electron chi connectivity index (χ1n) is 4.07. The molecule has 0 N–H and O–H groups in total. The van der Waals surface area contributed by atoms with Gasteiger partial charge in [-0.25, -0.2) is 0 Å². The Kier molecular flexibility index (Phi) is 10.4. The Morgan fingerprint density at radius 2 is 1.20 bits per heavy atom. The van der Waals surface area contributed by atoms with Crippen molar-refractivity contribution in [3.63, 3.8) is 0 Å². The SMILES string of the molecule is CCSCCCCSCC. The highest BCUT2D eigenvalue weighted by Crippen LogP contribution is 2.07. The molecule has 0 aromatic heterocycles. The second kappa shape index (κ2) is 9.70. The molecule has 0 aromatic rings. The summed E-state index contributed by atoms with van der Waals surface area (Å²) in [6, 6.07) is 0. The first kappa shape index (κ1) is 10.7. The Balaban J connectivity index is 2.65. The molecule has 0 atom stereocenters. The molecular formula is C8H18S2. The number of thioether (sulfide) groups is 2. The Bertz CT molecular complexity index is 47.2. The lowest BCUT2D eigenvalue weighted by atomic mass is 10.4. The van der Waals surface area contributed by atoms with E-state index in [1.807, 2.05) is 0 Å². The van der Waals surface area contributed by atoms with Crippen molar-refractivity contribution in [3.8, 4) is 0 Å². The highest BCUT2D eigenvalue weighted by Gasteiger charge is 1.87. The molecule has 0 aromatic carbocycles. The van der Waals surface area contributed by atoms with Crippen LogP contribution < -0.4 is 0 Å². The van der Waals surface area contributed by atoms with Crippen LogP contribution in [0.4, 0.5) is 0 Å². The van der Waals surface area contributed by atoms with Gasteiger partial charge in [0, 0.05) is 0 Å². The molecule has 0 nitrogen and oxygen atoms in total. The smallest absolute Gasteiger partial charge is 0.00673 e. The molecule has 0 unspecified atom stereocenters. The summed E-state index contributed by atoms with van der Waals surface area (Å²) < 4.78 is 0. The number of hydrogen-bond acceptors (Lipinski definition) is 2. The molecule has 0 aliphatic carbocycles. The minimum absolute atomic E-state index is 1.28. The molecule has 0 amide bonds. The maximum absolute atomic E-state index is 2.23. The predicted molar refractivity (Wildman–Crippen MR) is 55.2 cm³/mol. The summed E-state index contributed by atoms with van der Waals surface area (Å²) in [4.78, 5) is 0. The van der Waals surface area contributed by atoms with Crippen LogP contribution in [0.5, 0.6) is 0 Å². The van der Waals surface area contributed by atoms with Gasteiger partial charge in [-0.1, -0.05) is 13.8 Å². The molecule has 2 heteroatoms. The van der Waals surface area contributed by atoms with Gasteiger partial charge >= 0.3 is 0 Å². The minimum atomic E-state index is 1.28. The number of hydrogen-bond donors (Lipinski definition) is 0. The highest BCUT2D eigenvalue weighted by atomic mass is 32.2. The minimum Gasteiger partial charge on any atom is -0.162 e. The topological polar surface area (TPSA) is 0 Å². The van der Waals surface area contributed by atoms with Crippen LogP contribution in [0.25, 0.3) is 0 Å². The lowest BCUT2D eigenvalue weighted by molar-refractivity contribution is 0.907. The van der Waals surface area contributed by atoms with Crippen LogP contribution in [0.15, 0.2) is 0 Å². The third kappa shape index (κ3) is 8.70. The molecule has 0 rings (SSSR count). The van der Waals surface area contributed by atoms with Crippen molar-refractivity contribution in [2.45, 2.75) is 26.7 Å². The fourth-order valence-corrected chi connectivity index (χ4v) is 2.09. The summed E-state index contributed by atoms with van der Waals surface area (Å²) in [7, 11) is 0. The second-order valence-corrected chi connectivity index (χ2v) is 4.89. The van der Waals surface area contributed by atoms with E-state index in [-0.39, 0.29) is 0 Å². The summed E-state index contributed by atoms with van der Waals surface area (Å²) in [5.41, 5.74) is 0. The molecule has 10 heavy (non-hydrogen) atoms. The third-order valence-electron chi connectivity index (χ3n) is 1.24. The van der Waals surface area contributed by atoms with E-state index in [1.165, 1.54) is 35.9 Å². The normalized spacial score (nSPS) is 10.2. The van der Waals surface area contributed by atoms with E-state index in [0.717, 1.165) is 0 Å². The molecule has 0 heterocycles. The summed E-state index contributed by atoms with van der Waals surface area (Å²) >= 11 is 4.11. The maximum Gasteiger partial charge on any atom is -0.00673 e. The summed E-state index contributed by atoms with van der Waals surface area (Å²) in [6.45, 7) is 4.46. The van der Waals surface area contributed by atoms with Crippen LogP contribution >= 0.6 is 23.5 Å². The van der Waals surface area contributed by atoms with E-state index < -0.39 is 0 Å². The van der Waals surface area contributed by atoms with E-state index in [4.69, 9.17) is 0 Å². The van der Waals surface area contributed by atoms with Crippen LogP contribution in [-0.4, -0.2) is 23.0 Å². The standard InChI is InChI=1S/C8H18S2/c1-3-9-7-5-6-8-10-4-2/h3-8H2,1-2H3. The molecule has 0 saturated carbocycles. The van der Waals surface area contributed by atoms with Gasteiger partial charge in [0.25, 0.3) is 0 Å². The fraction of sp³-hybridized carbons (Fsp3) is 1.00. The molecule has 0 aliphatic rings. The van der Waals surface area contributed by atoms with Gasteiger partial charge in [0.15, 0.2) is 0 Å². The van der Waals surface area contributed by atoms with Gasteiger partial charge in [0.2, 0.25) is 0 Å². The monoisotopic (exact) mass is 178 g/mol. The van der Waals surface area contributed by atoms with Crippen molar-refractivity contribution >= 4 is 23.5 Å². The summed E-state index contributed by atoms with van der Waals surface area (Å²) in [6.07, 6.45) is 2.82. The van der Waals surface area contributed by atoms with E-state index in [1.54, 1.807) is 0 Å². The van der Waals surface area contributed by atoms with Crippen molar-refractivity contribution in [2.24, 2.45) is 0 Å². The van der Waals surface area contributed by atoms with Crippen LogP contribution in [-0.2, 0) is 0 Å². The van der Waals surface area contributed by atoms with E-state index in [2.05, 4.69) is 37.4 Å². The number of unbranched alkanes of at least 4 members (excludes halogenated alkanes) is 1. The molecule has 0 saturated heterocycles. The largest absolute Gasteiger partial charge is 0.162 e. The van der Waals surface area contributed by atoms with E-state index in [0.29, 0.717) is 0 Å². The zero-order valence-electron chi connectivity index (χ0n) is 7.06. The molecule has 0 radical (unpaired) electrons. The van der Waals surface area contributed by atoms with Gasteiger partial charge < -0.3 is 0 Å². The van der Waals surface area contributed by atoms with Gasteiger partial charge in [0.1, 0.15) is 0 Å². The van der Waals surface area contributed by atoms with Crippen LogP contribution in [0.3, 0.4) is 0 Å². The Labute approximate surface area is 73.5 Å². The average molecular weight is 178 g/mol. The van der Waals surface area contributed by atoms with Gasteiger partial charge in [0.05, 0.1) is 0 Å². The second-order valence-electron chi connectivity index (χ2n) is 2.10. The van der Waals surface area contributed by atoms with Gasteiger partial charge in [-0.05, 0) is 35.9 Å². The summed E-state index contributed by atoms with van der Waals surface area (Å²) in [5.74, 6) is 5.28. The summed E-state index contributed by atoms with van der Waals surface area (Å²) in [5, 5.41) is 0. The van der Waals surface area contributed by atoms with Crippen molar-refractivity contribution in [1.82, 2.24) is 0 Å². The molecule has 0 spiro atoms. The zero-order valence-corrected chi connectivity index (χ0v) is 8.69. The van der Waals surface area contributed by atoms with Crippen LogP contribution in [0, 0.1) is 0 Å². The lowest BCUT2D eigenvalue weighted by Gasteiger charge is -1.97. The number of rotatable bonds is 7. The zero-order chi connectivity index (χ0) is 7.66. The van der Waals surface area contributed by atoms with Crippen LogP contribution in [0.1, 0.15) is 26.7 Å². The quantitative estimate of drug-likeness (QED) is 0.549. The maximum atomic E-state index is 2.23. The van der Waals surface area contributed by atoms with Crippen molar-refractivity contribution in [3.05, 3.63) is 0 Å².